The van der Waals surface area contributed by atoms with E-state index in [2.05, 4.69) is 5.32 Å². The Morgan fingerprint density at radius 2 is 2.05 bits per heavy atom. The number of benzene rings is 2. The summed E-state index contributed by atoms with van der Waals surface area (Å²) in [4.78, 5) is 0. The van der Waals surface area contributed by atoms with Crippen molar-refractivity contribution in [3.05, 3.63) is 65.7 Å². The molecule has 19 heavy (non-hydrogen) atoms. The quantitative estimate of drug-likeness (QED) is 0.853. The normalized spacial score (nSPS) is 15.8. The van der Waals surface area contributed by atoms with Gasteiger partial charge in [-0.25, -0.2) is 0 Å². The molecule has 0 amide bonds. The Morgan fingerprint density at radius 3 is 2.79 bits per heavy atom. The lowest BCUT2D eigenvalue weighted by Crippen LogP contribution is -2.16. The Morgan fingerprint density at radius 1 is 1.21 bits per heavy atom. The molecule has 0 unspecified atom stereocenters. The fourth-order valence-corrected chi connectivity index (χ4v) is 1.91. The molecule has 2 nitrogen and oxygen atoms in total. The Kier molecular flexibility index (Phi) is 3.35. The van der Waals surface area contributed by atoms with Crippen LogP contribution in [0.25, 0.3) is 0 Å². The Labute approximate surface area is 121 Å². The number of para-hydroxylation sites is 1. The summed E-state index contributed by atoms with van der Waals surface area (Å²) in [6, 6.07) is 14.4. The number of rotatable bonds is 6. The predicted molar refractivity (Wildman–Crippen MR) is 79.5 cm³/mol. The molecule has 0 aliphatic rings. The molecule has 0 heterocycles. The van der Waals surface area contributed by atoms with Crippen LogP contribution in [0.4, 0.5) is 0 Å². The third-order valence-corrected chi connectivity index (χ3v) is 2.92. The highest BCUT2D eigenvalue weighted by Gasteiger charge is 2.13. The van der Waals surface area contributed by atoms with E-state index in [-0.39, 0.29) is 17.7 Å². The van der Waals surface area contributed by atoms with Crippen molar-refractivity contribution in [1.82, 2.24) is 5.32 Å². The van der Waals surface area contributed by atoms with Crippen LogP contribution in [-0.2, 0) is 0 Å². The van der Waals surface area contributed by atoms with Crippen LogP contribution in [0.1, 0.15) is 29.1 Å². The molecule has 2 aromatic carbocycles. The van der Waals surface area contributed by atoms with Crippen molar-refractivity contribution < 1.29 is 10.2 Å². The second kappa shape index (κ2) is 6.95. The molecule has 0 saturated carbocycles. The third-order valence-electron chi connectivity index (χ3n) is 2.92. The van der Waals surface area contributed by atoms with Gasteiger partial charge < -0.3 is 10.1 Å². The molecular weight excluding hydrogens is 234 g/mol. The van der Waals surface area contributed by atoms with Gasteiger partial charge in [0.25, 0.3) is 0 Å². The van der Waals surface area contributed by atoms with Crippen molar-refractivity contribution in [2.75, 3.05) is 13.6 Å². The molecule has 0 saturated heterocycles. The molecular formula is C17H21NO. The molecule has 2 rings (SSSR count). The van der Waals surface area contributed by atoms with Crippen molar-refractivity contribution in [3.8, 4) is 5.75 Å². The summed E-state index contributed by atoms with van der Waals surface area (Å²) in [6.45, 7) is -1.56. The van der Waals surface area contributed by atoms with E-state index >= 15 is 0 Å². The molecule has 1 atom stereocenters. The first-order chi connectivity index (χ1) is 10.9. The average Bonchev–Trinajstić information content (AvgIpc) is 2.52. The monoisotopic (exact) mass is 259 g/mol. The highest BCUT2D eigenvalue weighted by molar-refractivity contribution is 5.33. The SMILES string of the molecule is [2H]c1ccc(O[C@H](CCNC)c2ccccc2)c(C([2H])([2H])[2H])c1. The van der Waals surface area contributed by atoms with Crippen LogP contribution < -0.4 is 10.1 Å². The van der Waals surface area contributed by atoms with Crippen LogP contribution >= 0.6 is 0 Å². The first-order valence-electron chi connectivity index (χ1n) is 8.39. The lowest BCUT2D eigenvalue weighted by Gasteiger charge is -2.20. The topological polar surface area (TPSA) is 21.3 Å². The number of ether oxygens (including phenoxy) is 1. The molecule has 100 valence electrons. The van der Waals surface area contributed by atoms with Crippen molar-refractivity contribution >= 4 is 0 Å². The highest BCUT2D eigenvalue weighted by Crippen LogP contribution is 2.26. The third kappa shape index (κ3) is 3.83. The van der Waals surface area contributed by atoms with Gasteiger partial charge >= 0.3 is 0 Å². The molecule has 0 aliphatic heterocycles. The van der Waals surface area contributed by atoms with Gasteiger partial charge in [-0.05, 0) is 37.6 Å². The van der Waals surface area contributed by atoms with Crippen LogP contribution in [0.3, 0.4) is 0 Å². The van der Waals surface area contributed by atoms with Gasteiger partial charge in [0.1, 0.15) is 11.9 Å². The minimum absolute atomic E-state index is 0.0791. The van der Waals surface area contributed by atoms with Gasteiger partial charge in [-0.3, -0.25) is 0 Å². The summed E-state index contributed by atoms with van der Waals surface area (Å²) < 4.78 is 36.7. The van der Waals surface area contributed by atoms with E-state index in [9.17, 15) is 0 Å². The van der Waals surface area contributed by atoms with E-state index in [0.717, 1.165) is 12.1 Å². The highest BCUT2D eigenvalue weighted by atomic mass is 16.5. The Balaban J connectivity index is 2.33. The smallest absolute Gasteiger partial charge is 0.125 e. The zero-order chi connectivity index (χ0) is 16.9. The minimum atomic E-state index is -2.31. The van der Waals surface area contributed by atoms with E-state index in [1.165, 1.54) is 6.07 Å². The number of hydrogen-bond donors (Lipinski definition) is 1. The zero-order valence-electron chi connectivity index (χ0n) is 15.0. The van der Waals surface area contributed by atoms with Crippen LogP contribution in [0.15, 0.2) is 54.6 Å². The average molecular weight is 259 g/mol. The van der Waals surface area contributed by atoms with E-state index < -0.39 is 6.85 Å². The van der Waals surface area contributed by atoms with E-state index in [1.54, 1.807) is 12.1 Å². The van der Waals surface area contributed by atoms with Crippen molar-refractivity contribution in [2.45, 2.75) is 19.4 Å². The molecule has 0 aromatic heterocycles. The second-order valence-electron chi connectivity index (χ2n) is 4.33. The summed E-state index contributed by atoms with van der Waals surface area (Å²) in [5.41, 5.74) is 1.07. The van der Waals surface area contributed by atoms with Crippen molar-refractivity contribution in [2.24, 2.45) is 0 Å². The maximum Gasteiger partial charge on any atom is 0.125 e. The lowest BCUT2D eigenvalue weighted by atomic mass is 10.1. The van der Waals surface area contributed by atoms with Gasteiger partial charge in [-0.2, -0.15) is 0 Å². The van der Waals surface area contributed by atoms with Crippen molar-refractivity contribution in [3.63, 3.8) is 0 Å². The van der Waals surface area contributed by atoms with Gasteiger partial charge in [0.15, 0.2) is 0 Å². The number of aryl methyl sites for hydroxylation is 1. The summed E-state index contributed by atoms with van der Waals surface area (Å²) in [5.74, 6) is 0.311. The fraction of sp³-hybridized carbons (Fsp3) is 0.294. The largest absolute Gasteiger partial charge is 0.485 e. The van der Waals surface area contributed by atoms with Gasteiger partial charge in [0.2, 0.25) is 0 Å². The van der Waals surface area contributed by atoms with Gasteiger partial charge in [-0.15, -0.1) is 0 Å². The zero-order valence-corrected chi connectivity index (χ0v) is 11.0. The summed E-state index contributed by atoms with van der Waals surface area (Å²) in [7, 11) is 1.87. The molecule has 1 N–H and O–H groups in total. The second-order valence-corrected chi connectivity index (χ2v) is 4.33. The fourth-order valence-electron chi connectivity index (χ4n) is 1.91. The Hall–Kier alpha value is -1.80. The first kappa shape index (κ1) is 9.16. The standard InChI is InChI=1S/C17H21NO/c1-14-8-6-7-11-16(14)19-17(12-13-18-2)15-9-4-3-5-10-15/h3-11,17-18H,12-13H2,1-2H3/t17-/m1/s1/i1D3,6D. The lowest BCUT2D eigenvalue weighted by molar-refractivity contribution is 0.193. The molecule has 2 aromatic rings. The van der Waals surface area contributed by atoms with Gasteiger partial charge in [0, 0.05) is 10.5 Å². The molecule has 0 radical (unpaired) electrons. The van der Waals surface area contributed by atoms with Crippen LogP contribution in [0.2, 0.25) is 0 Å². The molecule has 0 bridgehead atoms. The number of hydrogen-bond acceptors (Lipinski definition) is 2. The summed E-state index contributed by atoms with van der Waals surface area (Å²) in [5, 5.41) is 3.09. The van der Waals surface area contributed by atoms with E-state index in [1.807, 2.05) is 37.4 Å². The van der Waals surface area contributed by atoms with Crippen LogP contribution in [0.5, 0.6) is 5.75 Å². The van der Waals surface area contributed by atoms with E-state index in [0.29, 0.717) is 12.2 Å². The van der Waals surface area contributed by atoms with E-state index in [4.69, 9.17) is 10.2 Å². The predicted octanol–water partition coefficient (Wildman–Crippen LogP) is 3.72. The van der Waals surface area contributed by atoms with Crippen LogP contribution in [-0.4, -0.2) is 13.6 Å². The van der Waals surface area contributed by atoms with Crippen LogP contribution in [0, 0.1) is 6.85 Å². The molecule has 2 heteroatoms. The molecule has 0 aliphatic carbocycles. The van der Waals surface area contributed by atoms with Gasteiger partial charge in [0.05, 0.1) is 1.37 Å². The first-order valence-corrected chi connectivity index (χ1v) is 6.39. The maximum atomic E-state index is 7.66. The number of nitrogens with one attached hydrogen (secondary N) is 1. The Bertz CT molecular complexity index is 628. The molecule has 0 spiro atoms. The minimum Gasteiger partial charge on any atom is -0.485 e. The maximum absolute atomic E-state index is 7.66. The molecule has 0 fully saturated rings. The summed E-state index contributed by atoms with van der Waals surface area (Å²) >= 11 is 0. The van der Waals surface area contributed by atoms with Crippen molar-refractivity contribution in [1.29, 1.82) is 0 Å². The summed E-state index contributed by atoms with van der Waals surface area (Å²) in [6.07, 6.45) is 0.463. The van der Waals surface area contributed by atoms with Gasteiger partial charge in [-0.1, -0.05) is 48.5 Å².